The molecule has 86 valence electrons. The van der Waals surface area contributed by atoms with E-state index in [4.69, 9.17) is 5.26 Å². The van der Waals surface area contributed by atoms with E-state index < -0.39 is 9.84 Å². The molecular weight excluding hydrogens is 224 g/mol. The lowest BCUT2D eigenvalue weighted by atomic mass is 10.0. The second kappa shape index (κ2) is 4.22. The van der Waals surface area contributed by atoms with Gasteiger partial charge in [0.25, 0.3) is 0 Å². The van der Waals surface area contributed by atoms with Gasteiger partial charge in [0, 0.05) is 11.9 Å². The van der Waals surface area contributed by atoms with Gasteiger partial charge < -0.3 is 0 Å². The molecule has 0 amide bonds. The summed E-state index contributed by atoms with van der Waals surface area (Å²) >= 11 is 0. The second-order valence-electron chi connectivity index (χ2n) is 4.08. The van der Waals surface area contributed by atoms with Crippen molar-refractivity contribution >= 4 is 9.84 Å². The highest BCUT2D eigenvalue weighted by atomic mass is 32.2. The van der Waals surface area contributed by atoms with E-state index in [0.29, 0.717) is 0 Å². The van der Waals surface area contributed by atoms with Crippen molar-refractivity contribution in [3.05, 3.63) is 22.9 Å². The number of aryl methyl sites for hydroxylation is 1. The van der Waals surface area contributed by atoms with Crippen LogP contribution in [0.1, 0.15) is 36.6 Å². The monoisotopic (exact) mass is 238 g/mol. The molecule has 0 saturated heterocycles. The van der Waals surface area contributed by atoms with E-state index in [1.54, 1.807) is 6.07 Å². The molecule has 0 bridgehead atoms. The molecular formula is C11H14N2O2S. The van der Waals surface area contributed by atoms with Crippen LogP contribution in [0.25, 0.3) is 0 Å². The lowest BCUT2D eigenvalue weighted by Gasteiger charge is -2.11. The number of pyridine rings is 1. The summed E-state index contributed by atoms with van der Waals surface area (Å²) in [5.41, 5.74) is 1.68. The van der Waals surface area contributed by atoms with E-state index in [9.17, 15) is 8.42 Å². The van der Waals surface area contributed by atoms with Crippen LogP contribution < -0.4 is 0 Å². The highest BCUT2D eigenvalue weighted by Crippen LogP contribution is 2.22. The Morgan fingerprint density at radius 3 is 2.38 bits per heavy atom. The molecule has 0 aromatic carbocycles. The molecule has 1 heterocycles. The maximum atomic E-state index is 11.5. The minimum atomic E-state index is -3.45. The molecule has 1 aromatic heterocycles. The van der Waals surface area contributed by atoms with E-state index >= 15 is 0 Å². The zero-order chi connectivity index (χ0) is 12.5. The Morgan fingerprint density at radius 1 is 1.44 bits per heavy atom. The van der Waals surface area contributed by atoms with Crippen LogP contribution in [0, 0.1) is 18.3 Å². The first-order valence-electron chi connectivity index (χ1n) is 4.89. The molecule has 5 heteroatoms. The van der Waals surface area contributed by atoms with Crippen molar-refractivity contribution in [2.24, 2.45) is 0 Å². The van der Waals surface area contributed by atoms with Crippen molar-refractivity contribution in [3.8, 4) is 6.07 Å². The maximum Gasteiger partial charge on any atom is 0.194 e. The van der Waals surface area contributed by atoms with Crippen molar-refractivity contribution in [1.82, 2.24) is 4.98 Å². The van der Waals surface area contributed by atoms with E-state index in [2.05, 4.69) is 4.98 Å². The van der Waals surface area contributed by atoms with Crippen molar-refractivity contribution in [2.75, 3.05) is 6.26 Å². The number of nitriles is 1. The summed E-state index contributed by atoms with van der Waals surface area (Å²) in [6.45, 7) is 5.70. The molecule has 0 aliphatic heterocycles. The molecule has 0 aliphatic carbocycles. The molecule has 0 spiro atoms. The summed E-state index contributed by atoms with van der Waals surface area (Å²) in [4.78, 5) is 4.10. The van der Waals surface area contributed by atoms with Crippen LogP contribution in [0.15, 0.2) is 11.1 Å². The topological polar surface area (TPSA) is 70.8 Å². The maximum absolute atomic E-state index is 11.5. The van der Waals surface area contributed by atoms with Crippen LogP contribution in [-0.2, 0) is 9.84 Å². The summed E-state index contributed by atoms with van der Waals surface area (Å²) in [5, 5.41) is 8.76. The number of nitrogens with zero attached hydrogens (tertiary/aromatic N) is 2. The Balaban J connectivity index is 3.62. The van der Waals surface area contributed by atoms with Gasteiger partial charge in [0.1, 0.15) is 6.07 Å². The SMILES string of the molecule is Cc1cc(C#N)c(S(C)(=O)=O)nc1C(C)C. The third-order valence-electron chi connectivity index (χ3n) is 2.24. The van der Waals surface area contributed by atoms with Crippen molar-refractivity contribution in [1.29, 1.82) is 5.26 Å². The number of sulfone groups is 1. The summed E-state index contributed by atoms with van der Waals surface area (Å²) < 4.78 is 23.0. The third kappa shape index (κ3) is 2.39. The molecule has 0 N–H and O–H groups in total. The van der Waals surface area contributed by atoms with Gasteiger partial charge in [0.05, 0.1) is 5.56 Å². The predicted molar refractivity (Wildman–Crippen MR) is 60.9 cm³/mol. The minimum Gasteiger partial charge on any atom is -0.239 e. The summed E-state index contributed by atoms with van der Waals surface area (Å²) in [6.07, 6.45) is 1.07. The Labute approximate surface area is 95.9 Å². The standard InChI is InChI=1S/C11H14N2O2S/c1-7(2)10-8(3)5-9(6-12)11(13-10)16(4,14)15/h5,7H,1-4H3. The Hall–Kier alpha value is -1.41. The number of hydrogen-bond acceptors (Lipinski definition) is 4. The molecule has 0 unspecified atom stereocenters. The lowest BCUT2D eigenvalue weighted by Crippen LogP contribution is -2.08. The molecule has 4 nitrogen and oxygen atoms in total. The molecule has 1 rings (SSSR count). The summed E-state index contributed by atoms with van der Waals surface area (Å²) in [6, 6.07) is 3.45. The van der Waals surface area contributed by atoms with Gasteiger partial charge in [-0.1, -0.05) is 13.8 Å². The van der Waals surface area contributed by atoms with Gasteiger partial charge in [-0.15, -0.1) is 0 Å². The molecule has 16 heavy (non-hydrogen) atoms. The molecule has 0 fully saturated rings. The van der Waals surface area contributed by atoms with Crippen LogP contribution in [0.5, 0.6) is 0 Å². The van der Waals surface area contributed by atoms with Gasteiger partial charge in [-0.05, 0) is 24.5 Å². The van der Waals surface area contributed by atoms with Crippen molar-refractivity contribution < 1.29 is 8.42 Å². The summed E-state index contributed by atoms with van der Waals surface area (Å²) in [5.74, 6) is 0.133. The number of hydrogen-bond donors (Lipinski definition) is 0. The van der Waals surface area contributed by atoms with Crippen LogP contribution in [0.3, 0.4) is 0 Å². The normalized spacial score (nSPS) is 11.5. The number of rotatable bonds is 2. The second-order valence-corrected chi connectivity index (χ2v) is 6.01. The first-order chi connectivity index (χ1) is 7.27. The van der Waals surface area contributed by atoms with E-state index in [1.807, 2.05) is 26.8 Å². The highest BCUT2D eigenvalue weighted by Gasteiger charge is 2.18. The van der Waals surface area contributed by atoms with Crippen LogP contribution in [0.2, 0.25) is 0 Å². The molecule has 0 atom stereocenters. The van der Waals surface area contributed by atoms with Gasteiger partial charge in [0.15, 0.2) is 14.9 Å². The summed E-state index contributed by atoms with van der Waals surface area (Å²) in [7, 11) is -3.45. The molecule has 1 aromatic rings. The van der Waals surface area contributed by atoms with Gasteiger partial charge in [-0.2, -0.15) is 5.26 Å². The number of aromatic nitrogens is 1. The van der Waals surface area contributed by atoms with Crippen molar-refractivity contribution in [2.45, 2.75) is 31.7 Å². The molecule has 0 radical (unpaired) electrons. The fourth-order valence-corrected chi connectivity index (χ4v) is 2.33. The minimum absolute atomic E-state index is 0.115. The Bertz CT molecular complexity index is 554. The quantitative estimate of drug-likeness (QED) is 0.787. The average Bonchev–Trinajstić information content (AvgIpc) is 2.14. The van der Waals surface area contributed by atoms with E-state index in [1.165, 1.54) is 0 Å². The largest absolute Gasteiger partial charge is 0.239 e. The predicted octanol–water partition coefficient (Wildman–Crippen LogP) is 1.79. The van der Waals surface area contributed by atoms with Crippen LogP contribution in [-0.4, -0.2) is 19.7 Å². The zero-order valence-corrected chi connectivity index (χ0v) is 10.6. The molecule has 0 saturated carbocycles. The Kier molecular flexibility index (Phi) is 3.34. The smallest absolute Gasteiger partial charge is 0.194 e. The third-order valence-corrected chi connectivity index (χ3v) is 3.25. The fraction of sp³-hybridized carbons (Fsp3) is 0.455. The first kappa shape index (κ1) is 12.7. The highest BCUT2D eigenvalue weighted by molar-refractivity contribution is 7.90. The van der Waals surface area contributed by atoms with E-state index in [-0.39, 0.29) is 16.5 Å². The van der Waals surface area contributed by atoms with Gasteiger partial charge in [0.2, 0.25) is 0 Å². The average molecular weight is 238 g/mol. The Morgan fingerprint density at radius 2 is 2.00 bits per heavy atom. The lowest BCUT2D eigenvalue weighted by molar-refractivity contribution is 0.596. The molecule has 0 aliphatic rings. The zero-order valence-electron chi connectivity index (χ0n) is 9.77. The van der Waals surface area contributed by atoms with Gasteiger partial charge >= 0.3 is 0 Å². The van der Waals surface area contributed by atoms with Crippen LogP contribution in [0.4, 0.5) is 0 Å². The first-order valence-corrected chi connectivity index (χ1v) is 6.78. The van der Waals surface area contributed by atoms with Gasteiger partial charge in [-0.3, -0.25) is 0 Å². The van der Waals surface area contributed by atoms with Gasteiger partial charge in [-0.25, -0.2) is 13.4 Å². The van der Waals surface area contributed by atoms with Crippen LogP contribution >= 0.6 is 0 Å². The fourth-order valence-electron chi connectivity index (χ4n) is 1.56. The van der Waals surface area contributed by atoms with Crippen molar-refractivity contribution in [3.63, 3.8) is 0 Å². The van der Waals surface area contributed by atoms with E-state index in [0.717, 1.165) is 17.5 Å².